The molecule has 1 aliphatic rings. The third kappa shape index (κ3) is 3.95. The minimum atomic E-state index is 0.611. The van der Waals surface area contributed by atoms with Crippen molar-refractivity contribution in [1.82, 2.24) is 10.3 Å². The quantitative estimate of drug-likeness (QED) is 0.849. The lowest BCUT2D eigenvalue weighted by molar-refractivity contribution is 0.924. The third-order valence-corrected chi connectivity index (χ3v) is 3.98. The standard InChI is InChI=1S/C17H20N4S/c22-17(19-12-14-6-2-1-3-7-14)20-15-8-9-16(18-13-15)21-10-4-5-11-21/h1-3,6-9,13H,4-5,10-12H2,(H2,19,20,22). The first-order valence-corrected chi connectivity index (χ1v) is 8.02. The van der Waals surface area contributed by atoms with E-state index in [9.17, 15) is 0 Å². The number of nitrogens with zero attached hydrogens (tertiary/aromatic N) is 2. The summed E-state index contributed by atoms with van der Waals surface area (Å²) < 4.78 is 0. The van der Waals surface area contributed by atoms with Crippen LogP contribution in [-0.4, -0.2) is 23.2 Å². The van der Waals surface area contributed by atoms with Gasteiger partial charge in [0, 0.05) is 19.6 Å². The van der Waals surface area contributed by atoms with Gasteiger partial charge in [-0.2, -0.15) is 0 Å². The number of aromatic nitrogens is 1. The first-order chi connectivity index (χ1) is 10.8. The third-order valence-electron chi connectivity index (χ3n) is 3.73. The van der Waals surface area contributed by atoms with Crippen molar-refractivity contribution in [1.29, 1.82) is 0 Å². The van der Waals surface area contributed by atoms with Crippen LogP contribution in [-0.2, 0) is 6.54 Å². The van der Waals surface area contributed by atoms with Crippen LogP contribution in [0.5, 0.6) is 0 Å². The van der Waals surface area contributed by atoms with E-state index in [0.717, 1.165) is 24.6 Å². The molecule has 0 amide bonds. The van der Waals surface area contributed by atoms with E-state index in [4.69, 9.17) is 12.2 Å². The highest BCUT2D eigenvalue weighted by Gasteiger charge is 2.12. The van der Waals surface area contributed by atoms with E-state index in [1.807, 2.05) is 36.5 Å². The van der Waals surface area contributed by atoms with Crippen LogP contribution in [0.25, 0.3) is 0 Å². The predicted octanol–water partition coefficient (Wildman–Crippen LogP) is 3.17. The average Bonchev–Trinajstić information content (AvgIpc) is 3.09. The second kappa shape index (κ2) is 7.22. The molecule has 0 aliphatic carbocycles. The molecule has 3 rings (SSSR count). The minimum Gasteiger partial charge on any atom is -0.358 e. The van der Waals surface area contributed by atoms with Gasteiger partial charge in [-0.15, -0.1) is 0 Å². The van der Waals surface area contributed by atoms with Crippen LogP contribution in [0.3, 0.4) is 0 Å². The van der Waals surface area contributed by atoms with E-state index in [1.54, 1.807) is 0 Å². The maximum atomic E-state index is 5.31. The number of thiocarbonyl (C=S) groups is 1. The lowest BCUT2D eigenvalue weighted by Crippen LogP contribution is -2.28. The molecule has 2 N–H and O–H groups in total. The van der Waals surface area contributed by atoms with Gasteiger partial charge in [0.25, 0.3) is 0 Å². The molecule has 0 spiro atoms. The molecule has 1 aromatic carbocycles. The summed E-state index contributed by atoms with van der Waals surface area (Å²) in [4.78, 5) is 6.82. The Morgan fingerprint density at radius 2 is 1.86 bits per heavy atom. The number of hydrogen-bond acceptors (Lipinski definition) is 3. The van der Waals surface area contributed by atoms with Crippen LogP contribution in [0.1, 0.15) is 18.4 Å². The lowest BCUT2D eigenvalue weighted by Gasteiger charge is -2.16. The van der Waals surface area contributed by atoms with Gasteiger partial charge in [-0.05, 0) is 42.8 Å². The van der Waals surface area contributed by atoms with E-state index < -0.39 is 0 Å². The molecule has 0 unspecified atom stereocenters. The van der Waals surface area contributed by atoms with Crippen molar-refractivity contribution in [3.8, 4) is 0 Å². The van der Waals surface area contributed by atoms with Crippen molar-refractivity contribution >= 4 is 28.8 Å². The molecule has 114 valence electrons. The van der Waals surface area contributed by atoms with Crippen LogP contribution in [0.15, 0.2) is 48.7 Å². The molecule has 2 heterocycles. The number of pyridine rings is 1. The lowest BCUT2D eigenvalue weighted by atomic mass is 10.2. The maximum Gasteiger partial charge on any atom is 0.171 e. The number of anilines is 2. The van der Waals surface area contributed by atoms with E-state index in [2.05, 4.69) is 32.7 Å². The molecule has 1 aliphatic heterocycles. The van der Waals surface area contributed by atoms with Crippen LogP contribution >= 0.6 is 12.2 Å². The summed E-state index contributed by atoms with van der Waals surface area (Å²) in [5.74, 6) is 1.05. The maximum absolute atomic E-state index is 5.31. The highest BCUT2D eigenvalue weighted by atomic mass is 32.1. The van der Waals surface area contributed by atoms with Gasteiger partial charge in [-0.3, -0.25) is 0 Å². The molecule has 1 saturated heterocycles. The molecular formula is C17H20N4S. The van der Waals surface area contributed by atoms with Crippen molar-refractivity contribution in [2.75, 3.05) is 23.3 Å². The van der Waals surface area contributed by atoms with Gasteiger partial charge in [0.2, 0.25) is 0 Å². The van der Waals surface area contributed by atoms with Gasteiger partial charge in [-0.1, -0.05) is 30.3 Å². The van der Waals surface area contributed by atoms with Crippen LogP contribution in [0, 0.1) is 0 Å². The summed E-state index contributed by atoms with van der Waals surface area (Å²) in [7, 11) is 0. The molecular weight excluding hydrogens is 292 g/mol. The molecule has 4 nitrogen and oxygen atoms in total. The number of nitrogens with one attached hydrogen (secondary N) is 2. The second-order valence-corrected chi connectivity index (χ2v) is 5.80. The zero-order chi connectivity index (χ0) is 15.2. The smallest absolute Gasteiger partial charge is 0.171 e. The van der Waals surface area contributed by atoms with Gasteiger partial charge in [-0.25, -0.2) is 4.98 Å². The topological polar surface area (TPSA) is 40.2 Å². The highest BCUT2D eigenvalue weighted by molar-refractivity contribution is 7.80. The first-order valence-electron chi connectivity index (χ1n) is 7.61. The van der Waals surface area contributed by atoms with E-state index in [0.29, 0.717) is 11.7 Å². The fourth-order valence-electron chi connectivity index (χ4n) is 2.55. The molecule has 2 aromatic rings. The number of rotatable bonds is 4. The molecule has 0 radical (unpaired) electrons. The second-order valence-electron chi connectivity index (χ2n) is 5.39. The van der Waals surface area contributed by atoms with Gasteiger partial charge in [0.05, 0.1) is 11.9 Å². The zero-order valence-electron chi connectivity index (χ0n) is 12.5. The fraction of sp³-hybridized carbons (Fsp3) is 0.294. The molecule has 1 fully saturated rings. The molecule has 0 atom stereocenters. The van der Waals surface area contributed by atoms with Crippen molar-refractivity contribution < 1.29 is 0 Å². The average molecular weight is 312 g/mol. The van der Waals surface area contributed by atoms with Crippen LogP contribution in [0.4, 0.5) is 11.5 Å². The Morgan fingerprint density at radius 1 is 1.09 bits per heavy atom. The Bertz CT molecular complexity index is 606. The summed E-state index contributed by atoms with van der Waals surface area (Å²) >= 11 is 5.31. The summed E-state index contributed by atoms with van der Waals surface area (Å²) in [6, 6.07) is 14.3. The largest absolute Gasteiger partial charge is 0.358 e. The summed E-state index contributed by atoms with van der Waals surface area (Å²) in [6.07, 6.45) is 4.36. The van der Waals surface area contributed by atoms with E-state index in [1.165, 1.54) is 18.4 Å². The van der Waals surface area contributed by atoms with Crippen molar-refractivity contribution in [2.24, 2.45) is 0 Å². The monoisotopic (exact) mass is 312 g/mol. The fourth-order valence-corrected chi connectivity index (χ4v) is 2.74. The minimum absolute atomic E-state index is 0.611. The Morgan fingerprint density at radius 3 is 2.55 bits per heavy atom. The highest BCUT2D eigenvalue weighted by Crippen LogP contribution is 2.18. The summed E-state index contributed by atoms with van der Waals surface area (Å²) in [5.41, 5.74) is 2.11. The normalized spacial score (nSPS) is 13.9. The van der Waals surface area contributed by atoms with Crippen LogP contribution in [0.2, 0.25) is 0 Å². The molecule has 0 bridgehead atoms. The van der Waals surface area contributed by atoms with E-state index >= 15 is 0 Å². The number of benzene rings is 1. The molecule has 5 heteroatoms. The van der Waals surface area contributed by atoms with Gasteiger partial charge in [0.1, 0.15) is 5.82 Å². The number of hydrogen-bond donors (Lipinski definition) is 2. The van der Waals surface area contributed by atoms with Crippen molar-refractivity contribution in [3.63, 3.8) is 0 Å². The zero-order valence-corrected chi connectivity index (χ0v) is 13.3. The van der Waals surface area contributed by atoms with E-state index in [-0.39, 0.29) is 0 Å². The van der Waals surface area contributed by atoms with Gasteiger partial charge in [0.15, 0.2) is 5.11 Å². The Kier molecular flexibility index (Phi) is 4.85. The summed E-state index contributed by atoms with van der Waals surface area (Å²) in [6.45, 7) is 2.93. The summed E-state index contributed by atoms with van der Waals surface area (Å²) in [5, 5.41) is 6.98. The Hall–Kier alpha value is -2.14. The predicted molar refractivity (Wildman–Crippen MR) is 95.2 cm³/mol. The van der Waals surface area contributed by atoms with Crippen molar-refractivity contribution in [3.05, 3.63) is 54.2 Å². The Labute approximate surface area is 136 Å². The van der Waals surface area contributed by atoms with Crippen LogP contribution < -0.4 is 15.5 Å². The molecule has 0 saturated carbocycles. The first kappa shape index (κ1) is 14.8. The van der Waals surface area contributed by atoms with Gasteiger partial charge >= 0.3 is 0 Å². The Balaban J connectivity index is 1.50. The molecule has 1 aromatic heterocycles. The SMILES string of the molecule is S=C(NCc1ccccc1)Nc1ccc(N2CCCC2)nc1. The van der Waals surface area contributed by atoms with Crippen molar-refractivity contribution in [2.45, 2.75) is 19.4 Å². The van der Waals surface area contributed by atoms with Gasteiger partial charge < -0.3 is 15.5 Å². The molecule has 22 heavy (non-hydrogen) atoms.